The first-order valence-corrected chi connectivity index (χ1v) is 6.65. The molecule has 18 heavy (non-hydrogen) atoms. The van der Waals surface area contributed by atoms with Crippen LogP contribution in [0.15, 0.2) is 24.5 Å². The summed E-state index contributed by atoms with van der Waals surface area (Å²) in [5, 5.41) is 6.40. The highest BCUT2D eigenvalue weighted by Crippen LogP contribution is 2.14. The van der Waals surface area contributed by atoms with Gasteiger partial charge in [0.05, 0.1) is 5.92 Å². The van der Waals surface area contributed by atoms with Crippen molar-refractivity contribution in [3.63, 3.8) is 0 Å². The average molecular weight is 247 g/mol. The van der Waals surface area contributed by atoms with Crippen LogP contribution in [-0.4, -0.2) is 30.5 Å². The van der Waals surface area contributed by atoms with Crippen molar-refractivity contribution >= 4 is 5.91 Å². The molecule has 1 aromatic heterocycles. The molecular weight excluding hydrogens is 226 g/mol. The molecule has 0 saturated carbocycles. The molecule has 0 aromatic carbocycles. The number of carbonyl (C=O) groups excluding carboxylic acids is 1. The van der Waals surface area contributed by atoms with Gasteiger partial charge in [0.25, 0.3) is 0 Å². The molecule has 0 aliphatic carbocycles. The van der Waals surface area contributed by atoms with Crippen molar-refractivity contribution < 1.29 is 4.79 Å². The maximum atomic E-state index is 12.0. The molecule has 4 heteroatoms. The molecule has 0 radical (unpaired) electrons. The van der Waals surface area contributed by atoms with Gasteiger partial charge in [-0.05, 0) is 50.4 Å². The molecular formula is C14H21N3O. The molecule has 2 heterocycles. The van der Waals surface area contributed by atoms with Crippen molar-refractivity contribution in [2.45, 2.75) is 25.7 Å². The van der Waals surface area contributed by atoms with Crippen LogP contribution in [0.25, 0.3) is 0 Å². The zero-order valence-corrected chi connectivity index (χ0v) is 10.9. The van der Waals surface area contributed by atoms with E-state index in [0.29, 0.717) is 5.92 Å². The topological polar surface area (TPSA) is 54.0 Å². The number of hydrogen-bond donors (Lipinski definition) is 2. The van der Waals surface area contributed by atoms with Gasteiger partial charge in [-0.3, -0.25) is 9.78 Å². The van der Waals surface area contributed by atoms with Gasteiger partial charge in [-0.2, -0.15) is 0 Å². The van der Waals surface area contributed by atoms with Gasteiger partial charge in [0.15, 0.2) is 0 Å². The first kappa shape index (κ1) is 13.0. The molecule has 2 atom stereocenters. The van der Waals surface area contributed by atoms with Crippen molar-refractivity contribution in [1.82, 2.24) is 15.6 Å². The molecule has 1 aliphatic heterocycles. The van der Waals surface area contributed by atoms with Crippen molar-refractivity contribution in [2.75, 3.05) is 19.6 Å². The Bertz CT molecular complexity index is 374. The molecule has 1 amide bonds. The van der Waals surface area contributed by atoms with Crippen molar-refractivity contribution in [3.8, 4) is 0 Å². The number of aromatic nitrogens is 1. The maximum Gasteiger partial charge on any atom is 0.227 e. The van der Waals surface area contributed by atoms with Crippen LogP contribution in [-0.2, 0) is 4.79 Å². The zero-order valence-electron chi connectivity index (χ0n) is 10.9. The molecule has 1 saturated heterocycles. The van der Waals surface area contributed by atoms with E-state index < -0.39 is 0 Å². The number of nitrogens with zero attached hydrogens (tertiary/aromatic N) is 1. The normalized spacial score (nSPS) is 21.3. The summed E-state index contributed by atoms with van der Waals surface area (Å²) >= 11 is 0. The van der Waals surface area contributed by atoms with E-state index in [-0.39, 0.29) is 11.8 Å². The summed E-state index contributed by atoms with van der Waals surface area (Å²) in [6.45, 7) is 4.82. The lowest BCUT2D eigenvalue weighted by Gasteiger charge is -2.23. The standard InChI is InChI=1S/C14H21N3O/c1-11(13-5-3-7-16-10-13)14(18)17-9-12-4-2-6-15-8-12/h3,5,7,10-12,15H,2,4,6,8-9H2,1H3,(H,17,18). The smallest absolute Gasteiger partial charge is 0.227 e. The fourth-order valence-electron chi connectivity index (χ4n) is 2.28. The molecule has 98 valence electrons. The number of hydrogen-bond acceptors (Lipinski definition) is 3. The van der Waals surface area contributed by atoms with E-state index in [9.17, 15) is 4.79 Å². The Morgan fingerprint density at radius 3 is 3.22 bits per heavy atom. The number of carbonyl (C=O) groups is 1. The molecule has 4 nitrogen and oxygen atoms in total. The number of rotatable bonds is 4. The van der Waals surface area contributed by atoms with Crippen LogP contribution >= 0.6 is 0 Å². The highest BCUT2D eigenvalue weighted by atomic mass is 16.1. The van der Waals surface area contributed by atoms with Crippen molar-refractivity contribution in [1.29, 1.82) is 0 Å². The van der Waals surface area contributed by atoms with E-state index in [1.807, 2.05) is 19.1 Å². The van der Waals surface area contributed by atoms with Crippen LogP contribution in [0.2, 0.25) is 0 Å². The van der Waals surface area contributed by atoms with Crippen LogP contribution in [0.5, 0.6) is 0 Å². The fraction of sp³-hybridized carbons (Fsp3) is 0.571. The lowest BCUT2D eigenvalue weighted by atomic mass is 9.98. The second-order valence-electron chi connectivity index (χ2n) is 4.97. The lowest BCUT2D eigenvalue weighted by Crippen LogP contribution is -2.39. The van der Waals surface area contributed by atoms with Gasteiger partial charge in [-0.1, -0.05) is 6.07 Å². The van der Waals surface area contributed by atoms with Crippen molar-refractivity contribution in [2.24, 2.45) is 5.92 Å². The largest absolute Gasteiger partial charge is 0.355 e. The number of nitrogens with one attached hydrogen (secondary N) is 2. The molecule has 1 aromatic rings. The predicted octanol–water partition coefficient (Wildman–Crippen LogP) is 1.30. The Balaban J connectivity index is 1.80. The molecule has 2 rings (SSSR count). The van der Waals surface area contributed by atoms with Gasteiger partial charge >= 0.3 is 0 Å². The van der Waals surface area contributed by atoms with Crippen LogP contribution in [0.1, 0.15) is 31.2 Å². The molecule has 1 fully saturated rings. The van der Waals surface area contributed by atoms with E-state index >= 15 is 0 Å². The van der Waals surface area contributed by atoms with Crippen LogP contribution in [0.4, 0.5) is 0 Å². The summed E-state index contributed by atoms with van der Waals surface area (Å²) in [5.41, 5.74) is 0.969. The second kappa shape index (κ2) is 6.50. The number of pyridine rings is 1. The minimum Gasteiger partial charge on any atom is -0.355 e. The van der Waals surface area contributed by atoms with Gasteiger partial charge < -0.3 is 10.6 Å². The highest BCUT2D eigenvalue weighted by molar-refractivity contribution is 5.83. The quantitative estimate of drug-likeness (QED) is 0.843. The highest BCUT2D eigenvalue weighted by Gasteiger charge is 2.18. The van der Waals surface area contributed by atoms with Gasteiger partial charge in [0.1, 0.15) is 0 Å². The molecule has 0 bridgehead atoms. The summed E-state index contributed by atoms with van der Waals surface area (Å²) in [6, 6.07) is 3.81. The van der Waals surface area contributed by atoms with Gasteiger partial charge in [-0.15, -0.1) is 0 Å². The van der Waals surface area contributed by atoms with E-state index in [0.717, 1.165) is 25.2 Å². The van der Waals surface area contributed by atoms with E-state index in [1.165, 1.54) is 12.8 Å². The van der Waals surface area contributed by atoms with Gasteiger partial charge in [0, 0.05) is 18.9 Å². The Kier molecular flexibility index (Phi) is 4.70. The van der Waals surface area contributed by atoms with Gasteiger partial charge in [-0.25, -0.2) is 0 Å². The van der Waals surface area contributed by atoms with Crippen LogP contribution in [0, 0.1) is 5.92 Å². The van der Waals surface area contributed by atoms with Gasteiger partial charge in [0.2, 0.25) is 5.91 Å². The average Bonchev–Trinajstić information content (AvgIpc) is 2.46. The van der Waals surface area contributed by atoms with Crippen LogP contribution in [0.3, 0.4) is 0 Å². The molecule has 1 aliphatic rings. The third-order valence-corrected chi connectivity index (χ3v) is 3.54. The third kappa shape index (κ3) is 3.53. The fourth-order valence-corrected chi connectivity index (χ4v) is 2.28. The Morgan fingerprint density at radius 2 is 2.56 bits per heavy atom. The Hall–Kier alpha value is -1.42. The summed E-state index contributed by atoms with van der Waals surface area (Å²) in [7, 11) is 0. The predicted molar refractivity (Wildman–Crippen MR) is 71.3 cm³/mol. The Labute approximate surface area is 108 Å². The first-order chi connectivity index (χ1) is 8.77. The second-order valence-corrected chi connectivity index (χ2v) is 4.97. The minimum absolute atomic E-state index is 0.0913. The third-order valence-electron chi connectivity index (χ3n) is 3.54. The number of amides is 1. The van der Waals surface area contributed by atoms with Crippen LogP contribution < -0.4 is 10.6 Å². The van der Waals surface area contributed by atoms with Crippen molar-refractivity contribution in [3.05, 3.63) is 30.1 Å². The van der Waals surface area contributed by atoms with E-state index in [1.54, 1.807) is 12.4 Å². The van der Waals surface area contributed by atoms with E-state index in [4.69, 9.17) is 0 Å². The first-order valence-electron chi connectivity index (χ1n) is 6.65. The lowest BCUT2D eigenvalue weighted by molar-refractivity contribution is -0.122. The molecule has 2 N–H and O–H groups in total. The summed E-state index contributed by atoms with van der Waals surface area (Å²) < 4.78 is 0. The molecule has 2 unspecified atom stereocenters. The minimum atomic E-state index is -0.129. The Morgan fingerprint density at radius 1 is 1.67 bits per heavy atom. The monoisotopic (exact) mass is 247 g/mol. The van der Waals surface area contributed by atoms with E-state index in [2.05, 4.69) is 15.6 Å². The molecule has 0 spiro atoms. The summed E-state index contributed by atoms with van der Waals surface area (Å²) in [4.78, 5) is 16.1. The number of piperidine rings is 1. The zero-order chi connectivity index (χ0) is 12.8. The SMILES string of the molecule is CC(C(=O)NCC1CCCNC1)c1cccnc1. The maximum absolute atomic E-state index is 12.0. The summed E-state index contributed by atoms with van der Waals surface area (Å²) in [5.74, 6) is 0.535. The summed E-state index contributed by atoms with van der Waals surface area (Å²) in [6.07, 6.45) is 5.89.